The van der Waals surface area contributed by atoms with Gasteiger partial charge in [-0.3, -0.25) is 0 Å². The van der Waals surface area contributed by atoms with E-state index >= 15 is 0 Å². The van der Waals surface area contributed by atoms with Gasteiger partial charge in [0.2, 0.25) is 0 Å². The molecule has 0 spiro atoms. The van der Waals surface area contributed by atoms with Crippen LogP contribution in [0.1, 0.15) is 0 Å². The van der Waals surface area contributed by atoms with Gasteiger partial charge in [0.05, 0.1) is 0 Å². The van der Waals surface area contributed by atoms with E-state index < -0.39 is 7.12 Å². The van der Waals surface area contributed by atoms with E-state index in [1.54, 1.807) is 0 Å². The Hall–Kier alpha value is -2.04. The number of rotatable bonds is 1. The smallest absolute Gasteiger partial charge is 0.481 e. The molecule has 1 heterocycles. The van der Waals surface area contributed by atoms with Crippen LogP contribution in [-0.2, 0) is 4.74 Å². The zero-order valence-electron chi connectivity index (χ0n) is 10.7. The van der Waals surface area contributed by atoms with Gasteiger partial charge in [-0.1, -0.05) is 48.6 Å². The van der Waals surface area contributed by atoms with E-state index in [1.165, 1.54) is 0 Å². The standard InChI is InChI=1S/C16H13BO3/c18-17(19)14-9-13-11-6-3-4-8-15(11)20-16(13)12-7-2-1-5-10(12)14/h1-10,15,18-19H. The molecule has 0 aromatic rings. The van der Waals surface area contributed by atoms with Gasteiger partial charge < -0.3 is 14.8 Å². The number of hydrogen-bond acceptors (Lipinski definition) is 3. The van der Waals surface area contributed by atoms with Crippen molar-refractivity contribution < 1.29 is 14.8 Å². The molecule has 2 N–H and O–H groups in total. The molecule has 4 rings (SSSR count). The lowest BCUT2D eigenvalue weighted by Crippen LogP contribution is -2.26. The molecule has 3 nitrogen and oxygen atoms in total. The molecule has 2 unspecified atom stereocenters. The number of ether oxygens (including phenoxy) is 1. The number of hydrogen-bond donors (Lipinski definition) is 2. The molecule has 0 saturated carbocycles. The highest BCUT2D eigenvalue weighted by Crippen LogP contribution is 2.45. The normalized spacial score (nSPS) is 29.0. The van der Waals surface area contributed by atoms with Crippen LogP contribution in [0.15, 0.2) is 82.6 Å². The van der Waals surface area contributed by atoms with Gasteiger partial charge in [-0.05, 0) is 11.5 Å². The maximum Gasteiger partial charge on any atom is 0.485 e. The van der Waals surface area contributed by atoms with Gasteiger partial charge >= 0.3 is 7.12 Å². The van der Waals surface area contributed by atoms with E-state index in [1.807, 2.05) is 54.7 Å². The van der Waals surface area contributed by atoms with Crippen LogP contribution in [0, 0.1) is 5.92 Å². The Balaban J connectivity index is 1.93. The maximum atomic E-state index is 9.64. The Morgan fingerprint density at radius 2 is 1.70 bits per heavy atom. The summed E-state index contributed by atoms with van der Waals surface area (Å²) in [6.07, 6.45) is 17.6. The molecule has 0 saturated heterocycles. The van der Waals surface area contributed by atoms with Crippen LogP contribution in [0.25, 0.3) is 0 Å². The van der Waals surface area contributed by atoms with Gasteiger partial charge in [-0.2, -0.15) is 0 Å². The highest BCUT2D eigenvalue weighted by Gasteiger charge is 2.38. The molecule has 98 valence electrons. The first-order chi connectivity index (χ1) is 9.75. The fourth-order valence-corrected chi connectivity index (χ4v) is 3.10. The van der Waals surface area contributed by atoms with Crippen LogP contribution >= 0.6 is 0 Å². The predicted octanol–water partition coefficient (Wildman–Crippen LogP) is 1.76. The Morgan fingerprint density at radius 1 is 0.950 bits per heavy atom. The highest BCUT2D eigenvalue weighted by molar-refractivity contribution is 6.51. The summed E-state index contributed by atoms with van der Waals surface area (Å²) in [5.41, 5.74) is 3.63. The molecule has 0 amide bonds. The van der Waals surface area contributed by atoms with E-state index in [4.69, 9.17) is 4.74 Å². The Bertz CT molecular complexity index is 687. The second-order valence-electron chi connectivity index (χ2n) is 5.18. The average molecular weight is 264 g/mol. The minimum absolute atomic E-state index is 0.0658. The molecule has 0 radical (unpaired) electrons. The second-order valence-corrected chi connectivity index (χ2v) is 5.18. The molecule has 4 aliphatic rings. The van der Waals surface area contributed by atoms with E-state index in [0.717, 1.165) is 22.5 Å². The fraction of sp³-hybridized carbons (Fsp3) is 0.125. The van der Waals surface area contributed by atoms with Gasteiger partial charge in [0.1, 0.15) is 11.9 Å². The first-order valence-electron chi connectivity index (χ1n) is 6.68. The van der Waals surface area contributed by atoms with Crippen molar-refractivity contribution >= 4 is 7.12 Å². The third kappa shape index (κ3) is 1.55. The molecule has 2 atom stereocenters. The van der Waals surface area contributed by atoms with Crippen molar-refractivity contribution in [2.75, 3.05) is 0 Å². The van der Waals surface area contributed by atoms with Crippen LogP contribution in [0.3, 0.4) is 0 Å². The molecule has 0 fully saturated rings. The largest absolute Gasteiger partial charge is 0.485 e. The van der Waals surface area contributed by atoms with Crippen molar-refractivity contribution in [3.05, 3.63) is 82.6 Å². The van der Waals surface area contributed by atoms with Crippen molar-refractivity contribution in [2.24, 2.45) is 5.92 Å². The van der Waals surface area contributed by atoms with Crippen molar-refractivity contribution in [1.82, 2.24) is 0 Å². The van der Waals surface area contributed by atoms with Crippen molar-refractivity contribution in [2.45, 2.75) is 6.10 Å². The summed E-state index contributed by atoms with van der Waals surface area (Å²) >= 11 is 0. The molecule has 0 aromatic heterocycles. The van der Waals surface area contributed by atoms with E-state index in [9.17, 15) is 10.0 Å². The lowest BCUT2D eigenvalue weighted by molar-refractivity contribution is 0.209. The molecule has 0 aromatic carbocycles. The average Bonchev–Trinajstić information content (AvgIpc) is 2.85. The summed E-state index contributed by atoms with van der Waals surface area (Å²) < 4.78 is 6.04. The topological polar surface area (TPSA) is 49.7 Å². The lowest BCUT2D eigenvalue weighted by Gasteiger charge is -2.26. The molecule has 20 heavy (non-hydrogen) atoms. The van der Waals surface area contributed by atoms with Crippen molar-refractivity contribution in [3.63, 3.8) is 0 Å². The molecule has 3 aliphatic carbocycles. The third-order valence-corrected chi connectivity index (χ3v) is 4.04. The first kappa shape index (κ1) is 11.8. The van der Waals surface area contributed by atoms with E-state index in [2.05, 4.69) is 0 Å². The quantitative estimate of drug-likeness (QED) is 0.709. The van der Waals surface area contributed by atoms with E-state index in [0.29, 0.717) is 5.47 Å². The van der Waals surface area contributed by atoms with Crippen LogP contribution < -0.4 is 0 Å². The molecule has 1 aliphatic heterocycles. The molecular weight excluding hydrogens is 251 g/mol. The Labute approximate surface area is 117 Å². The van der Waals surface area contributed by atoms with Crippen LogP contribution in [0.4, 0.5) is 0 Å². The minimum atomic E-state index is -1.46. The van der Waals surface area contributed by atoms with Gasteiger partial charge in [0.25, 0.3) is 0 Å². The second kappa shape index (κ2) is 4.23. The highest BCUT2D eigenvalue weighted by atomic mass is 16.5. The zero-order chi connectivity index (χ0) is 13.7. The summed E-state index contributed by atoms with van der Waals surface area (Å²) in [5.74, 6) is 0.740. The lowest BCUT2D eigenvalue weighted by atomic mass is 9.65. The van der Waals surface area contributed by atoms with Gasteiger partial charge in [-0.25, -0.2) is 0 Å². The monoisotopic (exact) mass is 264 g/mol. The summed E-state index contributed by atoms with van der Waals surface area (Å²) in [7, 11) is -1.46. The summed E-state index contributed by atoms with van der Waals surface area (Å²) in [5, 5.41) is 19.3. The van der Waals surface area contributed by atoms with E-state index in [-0.39, 0.29) is 12.0 Å². The van der Waals surface area contributed by atoms with Crippen LogP contribution in [-0.4, -0.2) is 23.3 Å². The molecular formula is C16H13BO3. The summed E-state index contributed by atoms with van der Waals surface area (Å²) in [6.45, 7) is 0. The summed E-state index contributed by atoms with van der Waals surface area (Å²) in [4.78, 5) is 0. The van der Waals surface area contributed by atoms with Crippen LogP contribution in [0.2, 0.25) is 0 Å². The maximum absolute atomic E-state index is 9.64. The SMILES string of the molecule is OB(O)C1=CC2=C3C=CC=CC3OC2=C2C=CC=CC12. The Kier molecular flexibility index (Phi) is 2.49. The van der Waals surface area contributed by atoms with Gasteiger partial charge in [0, 0.05) is 22.6 Å². The predicted molar refractivity (Wildman–Crippen MR) is 77.2 cm³/mol. The fourth-order valence-electron chi connectivity index (χ4n) is 3.10. The Morgan fingerprint density at radius 3 is 2.50 bits per heavy atom. The molecule has 4 heteroatoms. The van der Waals surface area contributed by atoms with Gasteiger partial charge in [0.15, 0.2) is 0 Å². The van der Waals surface area contributed by atoms with Crippen LogP contribution in [0.5, 0.6) is 0 Å². The zero-order valence-corrected chi connectivity index (χ0v) is 10.7. The van der Waals surface area contributed by atoms with Crippen molar-refractivity contribution in [3.8, 4) is 0 Å². The summed E-state index contributed by atoms with van der Waals surface area (Å²) in [6, 6.07) is 0. The number of allylic oxidation sites excluding steroid dienone is 9. The molecule has 0 bridgehead atoms. The number of fused-ring (bicyclic) bond motifs is 3. The first-order valence-corrected chi connectivity index (χ1v) is 6.68. The third-order valence-electron chi connectivity index (χ3n) is 4.04. The van der Waals surface area contributed by atoms with Gasteiger partial charge in [-0.15, -0.1) is 0 Å². The minimum Gasteiger partial charge on any atom is -0.481 e. The van der Waals surface area contributed by atoms with Crippen molar-refractivity contribution in [1.29, 1.82) is 0 Å².